The number of anilines is 3. The summed E-state index contributed by atoms with van der Waals surface area (Å²) in [6.07, 6.45) is 0.719. The molecule has 0 radical (unpaired) electrons. The molecule has 0 spiro atoms. The maximum absolute atomic E-state index is 13.6. The molecule has 11 heteroatoms. The molecule has 0 bridgehead atoms. The van der Waals surface area contributed by atoms with Crippen LogP contribution in [0.4, 0.5) is 35.2 Å². The van der Waals surface area contributed by atoms with Crippen molar-refractivity contribution in [2.75, 3.05) is 41.8 Å². The van der Waals surface area contributed by atoms with Crippen LogP contribution < -0.4 is 20.9 Å². The van der Waals surface area contributed by atoms with Crippen LogP contribution in [0.2, 0.25) is 0 Å². The number of aryl methyl sites for hydroxylation is 1. The summed E-state index contributed by atoms with van der Waals surface area (Å²) in [4.78, 5) is 25.9. The molecule has 0 saturated heterocycles. The zero-order chi connectivity index (χ0) is 28.3. The summed E-state index contributed by atoms with van der Waals surface area (Å²) in [7, 11) is 1.90. The highest BCUT2D eigenvalue weighted by Crippen LogP contribution is 2.36. The Morgan fingerprint density at radius 2 is 1.98 bits per heavy atom. The second-order valence-electron chi connectivity index (χ2n) is 9.60. The summed E-state index contributed by atoms with van der Waals surface area (Å²) in [5.74, 6) is 0.958. The van der Waals surface area contributed by atoms with Crippen molar-refractivity contribution in [3.8, 4) is 22.6 Å². The molecular weight excluding hydrogens is 521 g/mol. The third-order valence-corrected chi connectivity index (χ3v) is 6.84. The lowest BCUT2D eigenvalue weighted by Gasteiger charge is -2.24. The zero-order valence-corrected chi connectivity index (χ0v) is 21.9. The maximum atomic E-state index is 13.6. The highest BCUT2D eigenvalue weighted by atomic mass is 19.4. The molecule has 3 N–H and O–H groups in total. The molecule has 2 amide bonds. The van der Waals surface area contributed by atoms with Crippen molar-refractivity contribution < 1.29 is 22.4 Å². The normalized spacial score (nSPS) is 13.6. The summed E-state index contributed by atoms with van der Waals surface area (Å²) in [6.45, 7) is 1.62. The monoisotopic (exact) mass is 550 g/mol. The summed E-state index contributed by atoms with van der Waals surface area (Å²) in [6, 6.07) is 13.7. The minimum atomic E-state index is -4.47. The van der Waals surface area contributed by atoms with Gasteiger partial charge >= 0.3 is 12.2 Å². The van der Waals surface area contributed by atoms with Crippen LogP contribution >= 0.6 is 0 Å². The molecule has 0 unspecified atom stereocenters. The lowest BCUT2D eigenvalue weighted by Crippen LogP contribution is -2.36. The lowest BCUT2D eigenvalue weighted by atomic mass is 10.0. The van der Waals surface area contributed by atoms with Crippen LogP contribution in [0.1, 0.15) is 24.0 Å². The van der Waals surface area contributed by atoms with Gasteiger partial charge in [-0.25, -0.2) is 14.8 Å². The molecule has 8 nitrogen and oxygen atoms in total. The van der Waals surface area contributed by atoms with E-state index in [2.05, 4.69) is 15.3 Å². The molecule has 0 saturated carbocycles. The average molecular weight is 551 g/mol. The molecule has 4 aromatic rings. The number of nitrogens with two attached hydrogens (primary N) is 1. The van der Waals surface area contributed by atoms with Crippen LogP contribution in [-0.2, 0) is 12.6 Å². The fourth-order valence-corrected chi connectivity index (χ4v) is 4.78. The van der Waals surface area contributed by atoms with Crippen LogP contribution in [0.3, 0.4) is 0 Å². The van der Waals surface area contributed by atoms with E-state index in [1.807, 2.05) is 30.1 Å². The number of nitrogens with one attached hydrogen (secondary N) is 1. The number of carbonyl (C=O) groups is 1. The Bertz CT molecular complexity index is 1490. The molecule has 0 fully saturated rings. The Kier molecular flexibility index (Phi) is 7.74. The van der Waals surface area contributed by atoms with Gasteiger partial charge in [-0.3, -0.25) is 4.90 Å². The number of amides is 2. The third kappa shape index (κ3) is 5.79. The summed E-state index contributed by atoms with van der Waals surface area (Å²) >= 11 is 0. The smallest absolute Gasteiger partial charge is 0.416 e. The van der Waals surface area contributed by atoms with E-state index in [9.17, 15) is 18.0 Å². The number of oxazole rings is 1. The number of pyridine rings is 1. The number of nitrogens with zero attached hydrogens (tertiary/aromatic N) is 4. The molecule has 208 valence electrons. The Morgan fingerprint density at radius 1 is 1.12 bits per heavy atom. The van der Waals surface area contributed by atoms with E-state index >= 15 is 0 Å². The SMILES string of the molecule is CN1CCCN(C(=O)Nc2ccc(CCCN)c(-c3cnco3)c2)c2nc(-c3cccc(C(F)(F)F)c3)ccc21. The molecule has 3 heterocycles. The standard InChI is InChI=1S/C29H29F3N6O2/c1-37-13-4-14-38(27-25(37)11-10-24(36-27)20-5-2-7-21(15-20)29(30,31)32)28(39)35-22-9-8-19(6-3-12-33)23(16-22)26-17-34-18-40-26/h2,5,7-11,15-18H,3-4,6,12-14,33H2,1H3,(H,35,39). The number of aromatic nitrogens is 2. The van der Waals surface area contributed by atoms with E-state index in [1.165, 1.54) is 17.4 Å². The third-order valence-electron chi connectivity index (χ3n) is 6.84. The van der Waals surface area contributed by atoms with Crippen molar-refractivity contribution in [3.05, 3.63) is 78.3 Å². The highest BCUT2D eigenvalue weighted by Gasteiger charge is 2.31. The highest BCUT2D eigenvalue weighted by molar-refractivity contribution is 6.03. The first-order valence-corrected chi connectivity index (χ1v) is 12.9. The molecule has 2 aromatic carbocycles. The first-order chi connectivity index (χ1) is 19.2. The van der Waals surface area contributed by atoms with E-state index in [1.54, 1.807) is 24.4 Å². The van der Waals surface area contributed by atoms with Gasteiger partial charge in [0.15, 0.2) is 18.0 Å². The van der Waals surface area contributed by atoms with Crippen LogP contribution in [0.5, 0.6) is 0 Å². The van der Waals surface area contributed by atoms with E-state index < -0.39 is 17.8 Å². The van der Waals surface area contributed by atoms with Crippen molar-refractivity contribution >= 4 is 23.2 Å². The Balaban J connectivity index is 1.47. The van der Waals surface area contributed by atoms with Crippen LogP contribution in [-0.4, -0.2) is 42.7 Å². The number of alkyl halides is 3. The predicted octanol–water partition coefficient (Wildman–Crippen LogP) is 6.19. The summed E-state index contributed by atoms with van der Waals surface area (Å²) in [5, 5.41) is 2.96. The molecule has 0 atom stereocenters. The van der Waals surface area contributed by atoms with E-state index in [4.69, 9.17) is 10.2 Å². The number of urea groups is 1. The number of fused-ring (bicyclic) bond motifs is 1. The molecular formula is C29H29F3N6O2. The van der Waals surface area contributed by atoms with Gasteiger partial charge < -0.3 is 20.4 Å². The van der Waals surface area contributed by atoms with Crippen LogP contribution in [0, 0.1) is 0 Å². The van der Waals surface area contributed by atoms with Crippen molar-refractivity contribution in [2.24, 2.45) is 5.73 Å². The lowest BCUT2D eigenvalue weighted by molar-refractivity contribution is -0.137. The Labute approximate surface area is 229 Å². The van der Waals surface area contributed by atoms with Crippen molar-refractivity contribution in [2.45, 2.75) is 25.4 Å². The second-order valence-corrected chi connectivity index (χ2v) is 9.60. The van der Waals surface area contributed by atoms with E-state index in [0.29, 0.717) is 60.3 Å². The number of benzene rings is 2. The second kappa shape index (κ2) is 11.4. The van der Waals surface area contributed by atoms with Gasteiger partial charge in [0, 0.05) is 37.0 Å². The number of hydrogen-bond donors (Lipinski definition) is 2. The van der Waals surface area contributed by atoms with Crippen LogP contribution in [0.15, 0.2) is 71.6 Å². The maximum Gasteiger partial charge on any atom is 0.416 e. The Morgan fingerprint density at radius 3 is 2.73 bits per heavy atom. The molecule has 2 aromatic heterocycles. The van der Waals surface area contributed by atoms with E-state index in [-0.39, 0.29) is 0 Å². The summed E-state index contributed by atoms with van der Waals surface area (Å²) in [5.41, 5.74) is 8.70. The molecule has 40 heavy (non-hydrogen) atoms. The van der Waals surface area contributed by atoms with Gasteiger partial charge in [-0.1, -0.05) is 18.2 Å². The summed E-state index contributed by atoms with van der Waals surface area (Å²) < 4.78 is 45.5. The molecule has 1 aliphatic heterocycles. The van der Waals surface area contributed by atoms with Crippen molar-refractivity contribution in [3.63, 3.8) is 0 Å². The first-order valence-electron chi connectivity index (χ1n) is 12.9. The number of rotatable bonds is 6. The fraction of sp³-hybridized carbons (Fsp3) is 0.276. The molecule has 5 rings (SSSR count). The van der Waals surface area contributed by atoms with Gasteiger partial charge in [-0.2, -0.15) is 13.2 Å². The minimum absolute atomic E-state index is 0.314. The Hall–Kier alpha value is -4.38. The number of carbonyl (C=O) groups excluding carboxylic acids is 1. The fourth-order valence-electron chi connectivity index (χ4n) is 4.78. The van der Waals surface area contributed by atoms with Gasteiger partial charge in [0.1, 0.15) is 0 Å². The van der Waals surface area contributed by atoms with Crippen molar-refractivity contribution in [1.29, 1.82) is 0 Å². The number of halogens is 3. The van der Waals surface area contributed by atoms with Gasteiger partial charge in [0.05, 0.1) is 23.1 Å². The van der Waals surface area contributed by atoms with Gasteiger partial charge in [0.25, 0.3) is 0 Å². The quantitative estimate of drug-likeness (QED) is 0.297. The minimum Gasteiger partial charge on any atom is -0.444 e. The topological polar surface area (TPSA) is 101 Å². The largest absolute Gasteiger partial charge is 0.444 e. The van der Waals surface area contributed by atoms with E-state index in [0.717, 1.165) is 36.1 Å². The predicted molar refractivity (Wildman–Crippen MR) is 148 cm³/mol. The molecule has 0 aliphatic carbocycles. The van der Waals surface area contributed by atoms with Crippen molar-refractivity contribution in [1.82, 2.24) is 9.97 Å². The van der Waals surface area contributed by atoms with Gasteiger partial charge in [-0.05, 0) is 67.8 Å². The van der Waals surface area contributed by atoms with Crippen LogP contribution in [0.25, 0.3) is 22.6 Å². The number of hydrogen-bond acceptors (Lipinski definition) is 6. The zero-order valence-electron chi connectivity index (χ0n) is 21.9. The average Bonchev–Trinajstić information content (AvgIpc) is 3.43. The first kappa shape index (κ1) is 27.2. The van der Waals surface area contributed by atoms with Gasteiger partial charge in [-0.15, -0.1) is 0 Å². The molecule has 1 aliphatic rings. The van der Waals surface area contributed by atoms with Gasteiger partial charge in [0.2, 0.25) is 0 Å².